The Balaban J connectivity index is 1.84. The van der Waals surface area contributed by atoms with Crippen molar-refractivity contribution in [3.8, 4) is 5.75 Å². The molecule has 134 valence electrons. The van der Waals surface area contributed by atoms with Gasteiger partial charge in [-0.15, -0.1) is 0 Å². The van der Waals surface area contributed by atoms with Crippen LogP contribution in [0.1, 0.15) is 12.0 Å². The van der Waals surface area contributed by atoms with Crippen LogP contribution >= 0.6 is 0 Å². The molecule has 0 atom stereocenters. The Kier molecular flexibility index (Phi) is 4.83. The van der Waals surface area contributed by atoms with Gasteiger partial charge in [0.1, 0.15) is 5.75 Å². The molecule has 8 nitrogen and oxygen atoms in total. The number of ether oxygens (including phenoxy) is 1. The average Bonchev–Trinajstić information content (AvgIpc) is 2.66. The molecule has 0 saturated heterocycles. The number of nitro groups is 1. The van der Waals surface area contributed by atoms with E-state index in [1.54, 1.807) is 6.07 Å². The molecular formula is C18H17N3O5. The van der Waals surface area contributed by atoms with Crippen LogP contribution in [0.5, 0.6) is 5.75 Å². The minimum Gasteiger partial charge on any atom is -0.495 e. The van der Waals surface area contributed by atoms with Gasteiger partial charge < -0.3 is 15.0 Å². The van der Waals surface area contributed by atoms with E-state index in [9.17, 15) is 19.7 Å². The second kappa shape index (κ2) is 7.22. The Morgan fingerprint density at radius 3 is 2.73 bits per heavy atom. The standard InChI is InChI=1S/C18H17N3O5/c1-26-16-9-8-13(21(24)25)11-14(16)19-17(22)18(23)20-10-4-6-12-5-2-3-7-15(12)20/h2-3,5,7-9,11H,4,6,10H2,1H3,(H,19,22). The molecular weight excluding hydrogens is 338 g/mol. The van der Waals surface area contributed by atoms with E-state index in [1.807, 2.05) is 18.2 Å². The number of aryl methyl sites for hydroxylation is 1. The van der Waals surface area contributed by atoms with Crippen molar-refractivity contribution >= 4 is 28.9 Å². The SMILES string of the molecule is COc1ccc([N+](=O)[O-])cc1NC(=O)C(=O)N1CCCc2ccccc21. The molecule has 0 radical (unpaired) electrons. The third-order valence-electron chi connectivity index (χ3n) is 4.19. The van der Waals surface area contributed by atoms with Crippen LogP contribution in [0.2, 0.25) is 0 Å². The van der Waals surface area contributed by atoms with Gasteiger partial charge >= 0.3 is 11.8 Å². The lowest BCUT2D eigenvalue weighted by Crippen LogP contribution is -2.42. The first-order valence-corrected chi connectivity index (χ1v) is 8.04. The van der Waals surface area contributed by atoms with Gasteiger partial charge in [0, 0.05) is 24.4 Å². The van der Waals surface area contributed by atoms with E-state index in [2.05, 4.69) is 5.32 Å². The number of nitrogens with one attached hydrogen (secondary N) is 1. The van der Waals surface area contributed by atoms with Crippen molar-refractivity contribution in [1.29, 1.82) is 0 Å². The van der Waals surface area contributed by atoms with Crippen LogP contribution in [-0.4, -0.2) is 30.4 Å². The van der Waals surface area contributed by atoms with Crippen molar-refractivity contribution in [1.82, 2.24) is 0 Å². The molecule has 8 heteroatoms. The molecule has 26 heavy (non-hydrogen) atoms. The summed E-state index contributed by atoms with van der Waals surface area (Å²) in [5.74, 6) is -1.36. The average molecular weight is 355 g/mol. The number of nitro benzene ring substituents is 1. The highest BCUT2D eigenvalue weighted by Crippen LogP contribution is 2.30. The van der Waals surface area contributed by atoms with Crippen molar-refractivity contribution < 1.29 is 19.2 Å². The molecule has 1 N–H and O–H groups in total. The van der Waals surface area contributed by atoms with E-state index in [-0.39, 0.29) is 17.1 Å². The summed E-state index contributed by atoms with van der Waals surface area (Å²) in [6.07, 6.45) is 1.61. The first kappa shape index (κ1) is 17.4. The molecule has 1 heterocycles. The maximum atomic E-state index is 12.6. The van der Waals surface area contributed by atoms with Crippen LogP contribution in [0.25, 0.3) is 0 Å². The second-order valence-electron chi connectivity index (χ2n) is 5.78. The molecule has 0 bridgehead atoms. The highest BCUT2D eigenvalue weighted by atomic mass is 16.6. The summed E-state index contributed by atoms with van der Waals surface area (Å²) in [7, 11) is 1.37. The third kappa shape index (κ3) is 3.34. The number of hydrogen-bond donors (Lipinski definition) is 1. The van der Waals surface area contributed by atoms with E-state index in [0.717, 1.165) is 24.5 Å². The first-order chi connectivity index (χ1) is 12.5. The molecule has 0 fully saturated rings. The number of amides is 2. The predicted molar refractivity (Wildman–Crippen MR) is 95.4 cm³/mol. The van der Waals surface area contributed by atoms with Crippen molar-refractivity contribution in [3.63, 3.8) is 0 Å². The number of fused-ring (bicyclic) bond motifs is 1. The van der Waals surface area contributed by atoms with Gasteiger partial charge in [0.05, 0.1) is 17.7 Å². The molecule has 2 aromatic rings. The van der Waals surface area contributed by atoms with Crippen molar-refractivity contribution in [2.45, 2.75) is 12.8 Å². The summed E-state index contributed by atoms with van der Waals surface area (Å²) < 4.78 is 5.10. The Bertz CT molecular complexity index is 881. The largest absolute Gasteiger partial charge is 0.495 e. The number of carbonyl (C=O) groups excluding carboxylic acids is 2. The summed E-state index contributed by atoms with van der Waals surface area (Å²) in [4.78, 5) is 36.8. The smallest absolute Gasteiger partial charge is 0.316 e. The number of non-ortho nitro benzene ring substituents is 1. The molecule has 0 saturated carbocycles. The summed E-state index contributed by atoms with van der Waals surface area (Å²) in [6, 6.07) is 11.2. The number of methoxy groups -OCH3 is 1. The summed E-state index contributed by atoms with van der Waals surface area (Å²) in [6.45, 7) is 0.440. The lowest BCUT2D eigenvalue weighted by molar-refractivity contribution is -0.384. The Hall–Kier alpha value is -3.42. The van der Waals surface area contributed by atoms with Crippen LogP contribution in [0.4, 0.5) is 17.1 Å². The van der Waals surface area contributed by atoms with Gasteiger partial charge in [0.15, 0.2) is 0 Å². The Morgan fingerprint density at radius 2 is 2.00 bits per heavy atom. The maximum Gasteiger partial charge on any atom is 0.316 e. The van der Waals surface area contributed by atoms with Crippen LogP contribution in [0.15, 0.2) is 42.5 Å². The summed E-state index contributed by atoms with van der Waals surface area (Å²) in [5.41, 5.74) is 1.58. The molecule has 0 aliphatic carbocycles. The van der Waals surface area contributed by atoms with Crippen molar-refractivity contribution in [2.75, 3.05) is 23.9 Å². The molecule has 0 aromatic heterocycles. The zero-order valence-electron chi connectivity index (χ0n) is 14.1. The number of carbonyl (C=O) groups is 2. The molecule has 0 spiro atoms. The maximum absolute atomic E-state index is 12.6. The van der Waals surface area contributed by atoms with Crippen molar-refractivity contribution in [2.24, 2.45) is 0 Å². The number of rotatable bonds is 3. The van der Waals surface area contributed by atoms with Gasteiger partial charge in [-0.05, 0) is 30.5 Å². The number of anilines is 2. The lowest BCUT2D eigenvalue weighted by atomic mass is 10.0. The van der Waals surface area contributed by atoms with Gasteiger partial charge in [0.2, 0.25) is 0 Å². The van der Waals surface area contributed by atoms with Crippen LogP contribution in [-0.2, 0) is 16.0 Å². The quantitative estimate of drug-likeness (QED) is 0.518. The fraction of sp³-hybridized carbons (Fsp3) is 0.222. The van der Waals surface area contributed by atoms with Gasteiger partial charge in [-0.1, -0.05) is 18.2 Å². The Morgan fingerprint density at radius 1 is 1.23 bits per heavy atom. The zero-order valence-corrected chi connectivity index (χ0v) is 14.1. The highest BCUT2D eigenvalue weighted by molar-refractivity contribution is 6.44. The van der Waals surface area contributed by atoms with Crippen LogP contribution in [0.3, 0.4) is 0 Å². The molecule has 3 rings (SSSR count). The number of benzene rings is 2. The van der Waals surface area contributed by atoms with E-state index >= 15 is 0 Å². The number of para-hydroxylation sites is 1. The fourth-order valence-electron chi connectivity index (χ4n) is 2.95. The number of hydrogen-bond acceptors (Lipinski definition) is 5. The van der Waals surface area contributed by atoms with Crippen LogP contribution < -0.4 is 15.0 Å². The van der Waals surface area contributed by atoms with E-state index < -0.39 is 16.7 Å². The highest BCUT2D eigenvalue weighted by Gasteiger charge is 2.28. The molecule has 1 aliphatic rings. The van der Waals surface area contributed by atoms with E-state index in [1.165, 1.54) is 24.1 Å². The molecule has 0 unspecified atom stereocenters. The van der Waals surface area contributed by atoms with Gasteiger partial charge in [-0.25, -0.2) is 0 Å². The minimum atomic E-state index is -0.875. The normalized spacial score (nSPS) is 12.9. The Labute approximate surface area is 149 Å². The predicted octanol–water partition coefficient (Wildman–Crippen LogP) is 2.52. The monoisotopic (exact) mass is 355 g/mol. The summed E-state index contributed by atoms with van der Waals surface area (Å²) in [5, 5.41) is 13.4. The fourth-order valence-corrected chi connectivity index (χ4v) is 2.95. The van der Waals surface area contributed by atoms with Crippen LogP contribution in [0, 0.1) is 10.1 Å². The number of nitrogens with zero attached hydrogens (tertiary/aromatic N) is 2. The molecule has 1 aliphatic heterocycles. The van der Waals surface area contributed by atoms with Gasteiger partial charge in [-0.3, -0.25) is 19.7 Å². The zero-order chi connectivity index (χ0) is 18.7. The second-order valence-corrected chi connectivity index (χ2v) is 5.78. The van der Waals surface area contributed by atoms with Gasteiger partial charge in [-0.2, -0.15) is 0 Å². The lowest BCUT2D eigenvalue weighted by Gasteiger charge is -2.28. The van der Waals surface area contributed by atoms with Crippen molar-refractivity contribution in [3.05, 3.63) is 58.1 Å². The molecule has 2 amide bonds. The van der Waals surface area contributed by atoms with E-state index in [4.69, 9.17) is 4.74 Å². The van der Waals surface area contributed by atoms with E-state index in [0.29, 0.717) is 12.2 Å². The minimum absolute atomic E-state index is 0.0744. The molecule has 2 aromatic carbocycles. The summed E-state index contributed by atoms with van der Waals surface area (Å²) >= 11 is 0. The van der Waals surface area contributed by atoms with Gasteiger partial charge in [0.25, 0.3) is 5.69 Å². The third-order valence-corrected chi connectivity index (χ3v) is 4.19. The topological polar surface area (TPSA) is 102 Å². The first-order valence-electron chi connectivity index (χ1n) is 8.04.